The summed E-state index contributed by atoms with van der Waals surface area (Å²) >= 11 is 0. The summed E-state index contributed by atoms with van der Waals surface area (Å²) in [5.41, 5.74) is 0. The molecule has 11 nitrogen and oxygen atoms in total. The molecule has 0 spiro atoms. The van der Waals surface area contributed by atoms with Crippen LogP contribution in [0.1, 0.15) is 354 Å². The lowest BCUT2D eigenvalue weighted by molar-refractivity contribution is -0.302. The summed E-state index contributed by atoms with van der Waals surface area (Å²) in [5.74, 6) is -0.184. The number of ether oxygens (including phenoxy) is 3. The molecule has 7 atom stereocenters. The molecule has 88 heavy (non-hydrogen) atoms. The third kappa shape index (κ3) is 54.0. The molecular formula is C77H141NO10. The van der Waals surface area contributed by atoms with Crippen molar-refractivity contribution >= 4 is 11.9 Å². The van der Waals surface area contributed by atoms with Gasteiger partial charge in [-0.2, -0.15) is 0 Å². The normalized spacial score (nSPS) is 18.1. The van der Waals surface area contributed by atoms with Gasteiger partial charge in [-0.3, -0.25) is 9.59 Å². The molecule has 1 aliphatic rings. The summed E-state index contributed by atoms with van der Waals surface area (Å²) in [6, 6.07) is -0.834. The largest absolute Gasteiger partial charge is 0.466 e. The first kappa shape index (κ1) is 83.4. The van der Waals surface area contributed by atoms with Crippen molar-refractivity contribution in [2.24, 2.45) is 0 Å². The quantitative estimate of drug-likeness (QED) is 0.0195. The Morgan fingerprint density at radius 1 is 0.420 bits per heavy atom. The van der Waals surface area contributed by atoms with Crippen LogP contribution in [0.15, 0.2) is 60.8 Å². The highest BCUT2D eigenvalue weighted by Crippen LogP contribution is 2.23. The Balaban J connectivity index is 1.97. The maximum atomic E-state index is 13.1. The van der Waals surface area contributed by atoms with Crippen LogP contribution >= 0.6 is 0 Å². The van der Waals surface area contributed by atoms with Gasteiger partial charge in [0.25, 0.3) is 0 Å². The topological polar surface area (TPSA) is 175 Å². The molecule has 0 radical (unpaired) electrons. The highest BCUT2D eigenvalue weighted by atomic mass is 16.7. The highest BCUT2D eigenvalue weighted by molar-refractivity contribution is 5.76. The number of aliphatic hydroxyl groups is 5. The molecule has 0 saturated carbocycles. The molecule has 1 fully saturated rings. The predicted molar refractivity (Wildman–Crippen MR) is 370 cm³/mol. The van der Waals surface area contributed by atoms with Crippen LogP contribution in [0.3, 0.4) is 0 Å². The van der Waals surface area contributed by atoms with Gasteiger partial charge < -0.3 is 45.1 Å². The van der Waals surface area contributed by atoms with Crippen LogP contribution in [0, 0.1) is 0 Å². The molecule has 7 unspecified atom stereocenters. The molecule has 6 N–H and O–H groups in total. The van der Waals surface area contributed by atoms with Crippen molar-refractivity contribution in [1.82, 2.24) is 5.32 Å². The number of hydrogen-bond acceptors (Lipinski definition) is 10. The lowest BCUT2D eigenvalue weighted by Crippen LogP contribution is -2.60. The van der Waals surface area contributed by atoms with Gasteiger partial charge in [-0.05, 0) is 89.9 Å². The van der Waals surface area contributed by atoms with Gasteiger partial charge in [0.05, 0.1) is 32.0 Å². The van der Waals surface area contributed by atoms with E-state index in [0.29, 0.717) is 19.4 Å². The predicted octanol–water partition coefficient (Wildman–Crippen LogP) is 19.7. The lowest BCUT2D eigenvalue weighted by atomic mass is 9.99. The maximum absolute atomic E-state index is 13.1. The van der Waals surface area contributed by atoms with Crippen molar-refractivity contribution in [3.8, 4) is 0 Å². The number of aliphatic hydroxyl groups excluding tert-OH is 5. The molecular weight excluding hydrogens is 1100 g/mol. The Hall–Kier alpha value is -2.64. The van der Waals surface area contributed by atoms with Gasteiger partial charge in [0.2, 0.25) is 5.91 Å². The molecule has 0 aromatic carbocycles. The van der Waals surface area contributed by atoms with Gasteiger partial charge in [0.1, 0.15) is 24.4 Å². The SMILES string of the molecule is CCCCCC/C=C/CC/C=C/CC/C=C/C(O)C(COC1OC(CO)C(O)C(O)C1O)NC(=O)CCCCCCCCCCCCCCCCCCC/C=C\C/C=C\CCCCCCCCCCCCCOC(=O)CCCCCCCCCCCCC. The standard InChI is InChI=1S/C77H141NO10/c1-3-5-7-9-11-13-15-16-40-44-47-51-55-59-63-70(80)69(68-87-77-76(85)75(84)74(83)71(67-79)88-77)78-72(81)64-60-56-52-48-45-41-38-36-34-32-30-28-26-24-22-20-18-17-19-21-23-25-27-29-31-33-35-37-39-42-46-50-54-58-62-66-86-73(82)65-61-57-53-49-43-14-12-10-8-6-4-2/h13,15,19,21,25,27,44,47,59,63,69-71,74-77,79-80,83-85H,3-12,14,16-18,20,22-24,26,28-43,45-46,48-58,60-62,64-68H2,1-2H3,(H,78,81)/b15-13+,21-19-,27-25-,47-44+,63-59+. The Labute approximate surface area is 541 Å². The van der Waals surface area contributed by atoms with Crippen molar-refractivity contribution < 1.29 is 49.3 Å². The van der Waals surface area contributed by atoms with Crippen molar-refractivity contribution in [2.45, 2.75) is 397 Å². The van der Waals surface area contributed by atoms with E-state index in [9.17, 15) is 35.1 Å². The Kier molecular flexibility index (Phi) is 62.4. The molecule has 0 aromatic heterocycles. The van der Waals surface area contributed by atoms with Crippen LogP contribution in [0.5, 0.6) is 0 Å². The first-order valence-corrected chi connectivity index (χ1v) is 37.6. The van der Waals surface area contributed by atoms with Crippen LogP contribution < -0.4 is 5.32 Å². The molecule has 1 heterocycles. The molecule has 0 bridgehead atoms. The summed E-state index contributed by atoms with van der Waals surface area (Å²) in [5, 5.41) is 54.5. The van der Waals surface area contributed by atoms with Crippen LogP contribution in [-0.4, -0.2) is 100 Å². The van der Waals surface area contributed by atoms with Crippen LogP contribution in [0.25, 0.3) is 0 Å². The third-order valence-corrected chi connectivity index (χ3v) is 17.6. The number of nitrogens with one attached hydrogen (secondary N) is 1. The minimum absolute atomic E-state index is 0.00945. The number of allylic oxidation sites excluding steroid dienone is 9. The van der Waals surface area contributed by atoms with E-state index in [1.54, 1.807) is 6.08 Å². The second-order valence-corrected chi connectivity index (χ2v) is 26.0. The number of hydrogen-bond donors (Lipinski definition) is 6. The van der Waals surface area contributed by atoms with Gasteiger partial charge in [-0.15, -0.1) is 0 Å². The summed E-state index contributed by atoms with van der Waals surface area (Å²) in [7, 11) is 0. The Bertz CT molecular complexity index is 1650. The first-order valence-electron chi connectivity index (χ1n) is 37.6. The van der Waals surface area contributed by atoms with E-state index in [1.807, 2.05) is 6.08 Å². The summed E-state index contributed by atoms with van der Waals surface area (Å²) < 4.78 is 16.7. The van der Waals surface area contributed by atoms with Crippen LogP contribution in [-0.2, 0) is 23.8 Å². The van der Waals surface area contributed by atoms with Crippen molar-refractivity contribution in [2.75, 3.05) is 19.8 Å². The number of esters is 1. The van der Waals surface area contributed by atoms with Crippen molar-refractivity contribution in [3.63, 3.8) is 0 Å². The van der Waals surface area contributed by atoms with Crippen LogP contribution in [0.2, 0.25) is 0 Å². The molecule has 514 valence electrons. The van der Waals surface area contributed by atoms with Gasteiger partial charge in [-0.1, -0.05) is 312 Å². The van der Waals surface area contributed by atoms with Crippen LogP contribution in [0.4, 0.5) is 0 Å². The van der Waals surface area contributed by atoms with E-state index < -0.39 is 49.5 Å². The summed E-state index contributed by atoms with van der Waals surface area (Å²) in [4.78, 5) is 25.1. The minimum atomic E-state index is -1.58. The zero-order chi connectivity index (χ0) is 63.7. The molecule has 1 saturated heterocycles. The van der Waals surface area contributed by atoms with Crippen molar-refractivity contribution in [3.05, 3.63) is 60.8 Å². The highest BCUT2D eigenvalue weighted by Gasteiger charge is 2.44. The maximum Gasteiger partial charge on any atom is 0.305 e. The van der Waals surface area contributed by atoms with E-state index in [2.05, 4.69) is 67.8 Å². The van der Waals surface area contributed by atoms with E-state index in [0.717, 1.165) is 70.6 Å². The number of amides is 1. The smallest absolute Gasteiger partial charge is 0.305 e. The van der Waals surface area contributed by atoms with E-state index in [4.69, 9.17) is 14.2 Å². The summed E-state index contributed by atoms with van der Waals surface area (Å²) in [6.45, 7) is 4.33. The van der Waals surface area contributed by atoms with E-state index >= 15 is 0 Å². The molecule has 11 heteroatoms. The number of carbonyl (C=O) groups excluding carboxylic acids is 2. The van der Waals surface area contributed by atoms with Gasteiger partial charge in [0, 0.05) is 12.8 Å². The Morgan fingerprint density at radius 2 is 0.773 bits per heavy atom. The monoisotopic (exact) mass is 1240 g/mol. The molecule has 1 aliphatic heterocycles. The van der Waals surface area contributed by atoms with Gasteiger partial charge in [0.15, 0.2) is 6.29 Å². The summed E-state index contributed by atoms with van der Waals surface area (Å²) in [6.07, 6.45) is 78.0. The van der Waals surface area contributed by atoms with E-state index in [1.165, 1.54) is 257 Å². The van der Waals surface area contributed by atoms with Gasteiger partial charge >= 0.3 is 5.97 Å². The van der Waals surface area contributed by atoms with Crippen molar-refractivity contribution in [1.29, 1.82) is 0 Å². The fourth-order valence-corrected chi connectivity index (χ4v) is 11.7. The van der Waals surface area contributed by atoms with Gasteiger partial charge in [-0.25, -0.2) is 0 Å². The molecule has 0 aliphatic carbocycles. The average molecular weight is 1240 g/mol. The third-order valence-electron chi connectivity index (χ3n) is 17.6. The number of carbonyl (C=O) groups is 2. The number of unbranched alkanes of at least 4 members (excludes halogenated alkanes) is 44. The second-order valence-electron chi connectivity index (χ2n) is 26.0. The minimum Gasteiger partial charge on any atom is -0.466 e. The molecule has 1 amide bonds. The molecule has 0 aromatic rings. The zero-order valence-corrected chi connectivity index (χ0v) is 57.2. The fourth-order valence-electron chi connectivity index (χ4n) is 11.7. The molecule has 1 rings (SSSR count). The Morgan fingerprint density at radius 3 is 1.20 bits per heavy atom. The second kappa shape index (κ2) is 65.8. The van der Waals surface area contributed by atoms with E-state index in [-0.39, 0.29) is 18.5 Å². The average Bonchev–Trinajstić information content (AvgIpc) is 3.73. The lowest BCUT2D eigenvalue weighted by Gasteiger charge is -2.40. The first-order chi connectivity index (χ1) is 43.2. The zero-order valence-electron chi connectivity index (χ0n) is 57.2. The fraction of sp³-hybridized carbons (Fsp3) is 0.844. The number of rotatable bonds is 66.